The van der Waals surface area contributed by atoms with Crippen LogP contribution < -0.4 is 0 Å². The van der Waals surface area contributed by atoms with E-state index in [1.807, 2.05) is 55.5 Å². The molecule has 0 aliphatic heterocycles. The van der Waals surface area contributed by atoms with Crippen molar-refractivity contribution in [3.05, 3.63) is 65.7 Å². The van der Waals surface area contributed by atoms with E-state index in [0.717, 1.165) is 17.7 Å². The van der Waals surface area contributed by atoms with E-state index >= 15 is 0 Å². The highest BCUT2D eigenvalue weighted by Gasteiger charge is 2.11. The van der Waals surface area contributed by atoms with Crippen LogP contribution in [0, 0.1) is 0 Å². The van der Waals surface area contributed by atoms with Crippen LogP contribution >= 0.6 is 0 Å². The molecule has 2 aromatic rings. The number of carbonyl (C=O) groups is 1. The summed E-state index contributed by atoms with van der Waals surface area (Å²) in [6.45, 7) is 3.97. The molecule has 2 aromatic carbocycles. The minimum absolute atomic E-state index is 0.359. The number of aliphatic imine (C=N–C) groups is 1. The van der Waals surface area contributed by atoms with Crippen LogP contribution in [0.4, 0.5) is 5.69 Å². The molecule has 0 unspecified atom stereocenters. The van der Waals surface area contributed by atoms with Crippen molar-refractivity contribution in [2.75, 3.05) is 0 Å². The number of esters is 1. The molecule has 108 valence electrons. The van der Waals surface area contributed by atoms with Crippen LogP contribution in [0.15, 0.2) is 59.6 Å². The maximum absolute atomic E-state index is 12.2. The lowest BCUT2D eigenvalue weighted by Crippen LogP contribution is -2.12. The lowest BCUT2D eigenvalue weighted by atomic mass is 10.1. The van der Waals surface area contributed by atoms with Crippen LogP contribution in [0.5, 0.6) is 0 Å². The quantitative estimate of drug-likeness (QED) is 0.468. The van der Waals surface area contributed by atoms with Gasteiger partial charge in [-0.2, -0.15) is 0 Å². The standard InChI is InChI=1S/C18H19NO2/c1-3-14-9-8-10-15(13-14)18(20)21-17(4-2)19-16-11-6-5-7-12-16/h5-13H,3-4H2,1-2H3. The highest BCUT2D eigenvalue weighted by molar-refractivity contribution is 5.99. The van der Waals surface area contributed by atoms with Crippen molar-refractivity contribution in [1.82, 2.24) is 0 Å². The van der Waals surface area contributed by atoms with Gasteiger partial charge in [-0.05, 0) is 36.2 Å². The van der Waals surface area contributed by atoms with Gasteiger partial charge in [0.05, 0.1) is 11.3 Å². The van der Waals surface area contributed by atoms with E-state index in [9.17, 15) is 4.79 Å². The summed E-state index contributed by atoms with van der Waals surface area (Å²) in [6, 6.07) is 17.0. The van der Waals surface area contributed by atoms with E-state index in [2.05, 4.69) is 11.9 Å². The van der Waals surface area contributed by atoms with Gasteiger partial charge in [-0.1, -0.05) is 44.2 Å². The first-order valence-electron chi connectivity index (χ1n) is 7.16. The Kier molecular flexibility index (Phi) is 5.27. The second-order valence-corrected chi connectivity index (χ2v) is 4.64. The fourth-order valence-corrected chi connectivity index (χ4v) is 1.90. The zero-order valence-corrected chi connectivity index (χ0v) is 12.4. The molecule has 0 bridgehead atoms. The third-order valence-corrected chi connectivity index (χ3v) is 3.09. The summed E-state index contributed by atoms with van der Waals surface area (Å²) in [5.74, 6) is 0.0648. The Bertz CT molecular complexity index is 633. The predicted molar refractivity (Wildman–Crippen MR) is 85.1 cm³/mol. The van der Waals surface area contributed by atoms with Crippen molar-refractivity contribution in [3.63, 3.8) is 0 Å². The van der Waals surface area contributed by atoms with Gasteiger partial charge < -0.3 is 4.74 Å². The molecular formula is C18H19NO2. The highest BCUT2D eigenvalue weighted by atomic mass is 16.5. The smallest absolute Gasteiger partial charge is 0.344 e. The molecule has 3 heteroatoms. The Hall–Kier alpha value is -2.42. The van der Waals surface area contributed by atoms with Gasteiger partial charge in [0.2, 0.25) is 0 Å². The summed E-state index contributed by atoms with van der Waals surface area (Å²) < 4.78 is 5.40. The maximum Gasteiger partial charge on any atom is 0.344 e. The van der Waals surface area contributed by atoms with Crippen molar-refractivity contribution in [2.45, 2.75) is 26.7 Å². The molecule has 0 heterocycles. The lowest BCUT2D eigenvalue weighted by molar-refractivity contribution is 0.0712. The van der Waals surface area contributed by atoms with Gasteiger partial charge in [0.15, 0.2) is 5.90 Å². The molecule has 0 spiro atoms. The first-order chi connectivity index (χ1) is 10.2. The predicted octanol–water partition coefficient (Wildman–Crippen LogP) is 4.55. The first kappa shape index (κ1) is 15.0. The van der Waals surface area contributed by atoms with E-state index < -0.39 is 0 Å². The molecule has 0 aliphatic rings. The van der Waals surface area contributed by atoms with Gasteiger partial charge >= 0.3 is 5.97 Å². The lowest BCUT2D eigenvalue weighted by Gasteiger charge is -2.07. The third kappa shape index (κ3) is 4.28. The number of rotatable bonds is 4. The Morgan fingerprint density at radius 2 is 1.81 bits per heavy atom. The molecular weight excluding hydrogens is 262 g/mol. The van der Waals surface area contributed by atoms with Crippen LogP contribution in [-0.2, 0) is 11.2 Å². The summed E-state index contributed by atoms with van der Waals surface area (Å²) in [5.41, 5.74) is 2.45. The molecule has 0 N–H and O–H groups in total. The number of aryl methyl sites for hydroxylation is 1. The number of hydrogen-bond donors (Lipinski definition) is 0. The number of hydrogen-bond acceptors (Lipinski definition) is 3. The molecule has 0 atom stereocenters. The maximum atomic E-state index is 12.2. The second-order valence-electron chi connectivity index (χ2n) is 4.64. The van der Waals surface area contributed by atoms with Gasteiger partial charge in [-0.3, -0.25) is 0 Å². The molecule has 0 amide bonds. The Morgan fingerprint density at radius 1 is 1.05 bits per heavy atom. The molecule has 0 fully saturated rings. The Labute approximate surface area is 125 Å². The first-order valence-corrected chi connectivity index (χ1v) is 7.16. The summed E-state index contributed by atoms with van der Waals surface area (Å²) in [4.78, 5) is 16.5. The Morgan fingerprint density at radius 3 is 2.48 bits per heavy atom. The number of benzene rings is 2. The summed E-state index contributed by atoms with van der Waals surface area (Å²) >= 11 is 0. The largest absolute Gasteiger partial charge is 0.408 e. The van der Waals surface area contributed by atoms with Crippen LogP contribution in [-0.4, -0.2) is 11.9 Å². The minimum atomic E-state index is -0.359. The number of nitrogens with zero attached hydrogens (tertiary/aromatic N) is 1. The van der Waals surface area contributed by atoms with Gasteiger partial charge in [-0.25, -0.2) is 9.79 Å². The average Bonchev–Trinajstić information content (AvgIpc) is 2.55. The van der Waals surface area contributed by atoms with E-state index in [0.29, 0.717) is 17.9 Å². The molecule has 2 rings (SSSR count). The average molecular weight is 281 g/mol. The summed E-state index contributed by atoms with van der Waals surface area (Å²) in [7, 11) is 0. The monoisotopic (exact) mass is 281 g/mol. The fourth-order valence-electron chi connectivity index (χ4n) is 1.90. The van der Waals surface area contributed by atoms with E-state index in [4.69, 9.17) is 4.74 Å². The van der Waals surface area contributed by atoms with Crippen molar-refractivity contribution in [1.29, 1.82) is 0 Å². The molecule has 0 saturated heterocycles. The summed E-state index contributed by atoms with van der Waals surface area (Å²) in [5, 5.41) is 0. The van der Waals surface area contributed by atoms with Gasteiger partial charge in [0.1, 0.15) is 0 Å². The Balaban J connectivity index is 2.14. The number of para-hydroxylation sites is 1. The molecule has 0 saturated carbocycles. The summed E-state index contributed by atoms with van der Waals surface area (Å²) in [6.07, 6.45) is 1.45. The SMILES string of the molecule is CCC(=Nc1ccccc1)OC(=O)c1cccc(CC)c1. The normalized spacial score (nSPS) is 11.2. The van der Waals surface area contributed by atoms with E-state index in [-0.39, 0.29) is 5.97 Å². The van der Waals surface area contributed by atoms with Crippen LogP contribution in [0.25, 0.3) is 0 Å². The molecule has 0 aromatic heterocycles. The van der Waals surface area contributed by atoms with Crippen LogP contribution in [0.1, 0.15) is 36.2 Å². The second kappa shape index (κ2) is 7.39. The van der Waals surface area contributed by atoms with E-state index in [1.54, 1.807) is 6.07 Å². The molecule has 3 nitrogen and oxygen atoms in total. The zero-order valence-electron chi connectivity index (χ0n) is 12.4. The fraction of sp³-hybridized carbons (Fsp3) is 0.222. The topological polar surface area (TPSA) is 38.7 Å². The molecule has 0 radical (unpaired) electrons. The highest BCUT2D eigenvalue weighted by Crippen LogP contribution is 2.13. The zero-order chi connectivity index (χ0) is 15.1. The molecule has 21 heavy (non-hydrogen) atoms. The van der Waals surface area contributed by atoms with E-state index in [1.165, 1.54) is 0 Å². The minimum Gasteiger partial charge on any atom is -0.408 e. The van der Waals surface area contributed by atoms with Crippen LogP contribution in [0.3, 0.4) is 0 Å². The van der Waals surface area contributed by atoms with Crippen LogP contribution in [0.2, 0.25) is 0 Å². The van der Waals surface area contributed by atoms with Crippen molar-refractivity contribution in [2.24, 2.45) is 4.99 Å². The third-order valence-electron chi connectivity index (χ3n) is 3.09. The van der Waals surface area contributed by atoms with Gasteiger partial charge in [0, 0.05) is 6.42 Å². The molecule has 0 aliphatic carbocycles. The van der Waals surface area contributed by atoms with Gasteiger partial charge in [0.25, 0.3) is 0 Å². The van der Waals surface area contributed by atoms with Crippen molar-refractivity contribution in [3.8, 4) is 0 Å². The number of carbonyl (C=O) groups excluding carboxylic acids is 1. The van der Waals surface area contributed by atoms with Crippen molar-refractivity contribution < 1.29 is 9.53 Å². The van der Waals surface area contributed by atoms with Crippen molar-refractivity contribution >= 4 is 17.6 Å². The van der Waals surface area contributed by atoms with Gasteiger partial charge in [-0.15, -0.1) is 0 Å². The number of ether oxygens (including phenoxy) is 1.